The van der Waals surface area contributed by atoms with E-state index < -0.39 is 0 Å². The average molecular weight is 315 g/mol. The maximum atomic E-state index is 12.0. The van der Waals surface area contributed by atoms with Crippen molar-refractivity contribution < 1.29 is 4.79 Å². The number of likely N-dealkylation sites (tertiary alicyclic amines) is 1. The fourth-order valence-corrected chi connectivity index (χ4v) is 3.25. The van der Waals surface area contributed by atoms with Crippen LogP contribution in [0.15, 0.2) is 42.5 Å². The maximum absolute atomic E-state index is 12.0. The molecule has 1 fully saturated rings. The summed E-state index contributed by atoms with van der Waals surface area (Å²) < 4.78 is 0. The minimum Gasteiger partial charge on any atom is -0.338 e. The molecule has 1 N–H and O–H groups in total. The van der Waals surface area contributed by atoms with Crippen molar-refractivity contribution in [2.75, 3.05) is 26.7 Å². The van der Waals surface area contributed by atoms with Crippen molar-refractivity contribution in [2.45, 2.75) is 32.9 Å². The Labute approximate surface area is 140 Å². The van der Waals surface area contributed by atoms with Gasteiger partial charge in [0.25, 0.3) is 0 Å². The first-order valence-corrected chi connectivity index (χ1v) is 8.37. The van der Waals surface area contributed by atoms with Crippen LogP contribution >= 0.6 is 0 Å². The molecule has 0 unspecified atom stereocenters. The zero-order valence-electron chi connectivity index (χ0n) is 14.6. The molecule has 1 aromatic carbocycles. The van der Waals surface area contributed by atoms with Gasteiger partial charge in [-0.25, -0.2) is 4.79 Å². The molecule has 2 rings (SSSR count). The van der Waals surface area contributed by atoms with Gasteiger partial charge < -0.3 is 10.2 Å². The lowest BCUT2D eigenvalue weighted by atomic mass is 10.1. The van der Waals surface area contributed by atoms with Gasteiger partial charge in [-0.1, -0.05) is 42.5 Å². The Bertz CT molecular complexity index is 529. The van der Waals surface area contributed by atoms with Crippen LogP contribution in [0.5, 0.6) is 0 Å². The molecular formula is C19H29N3O. The minimum absolute atomic E-state index is 0.0119. The molecule has 0 saturated carbocycles. The van der Waals surface area contributed by atoms with Gasteiger partial charge in [0, 0.05) is 39.3 Å². The molecule has 0 spiro atoms. The van der Waals surface area contributed by atoms with Crippen LogP contribution < -0.4 is 5.32 Å². The Morgan fingerprint density at radius 3 is 2.74 bits per heavy atom. The summed E-state index contributed by atoms with van der Waals surface area (Å²) >= 11 is 0. The van der Waals surface area contributed by atoms with Gasteiger partial charge in [0.1, 0.15) is 0 Å². The number of hydrogen-bond acceptors (Lipinski definition) is 2. The highest BCUT2D eigenvalue weighted by Gasteiger charge is 2.29. The van der Waals surface area contributed by atoms with Gasteiger partial charge in [-0.2, -0.15) is 0 Å². The van der Waals surface area contributed by atoms with E-state index >= 15 is 0 Å². The topological polar surface area (TPSA) is 35.6 Å². The summed E-state index contributed by atoms with van der Waals surface area (Å²) in [5, 5.41) is 3.05. The number of urea groups is 1. The van der Waals surface area contributed by atoms with E-state index in [1.807, 2.05) is 14.0 Å². The number of benzene rings is 1. The molecule has 0 aliphatic carbocycles. The number of carbonyl (C=O) groups is 1. The number of carbonyl (C=O) groups excluding carboxylic acids is 1. The minimum atomic E-state index is -0.0119. The van der Waals surface area contributed by atoms with Crippen LogP contribution in [0.2, 0.25) is 0 Å². The van der Waals surface area contributed by atoms with E-state index in [4.69, 9.17) is 0 Å². The van der Waals surface area contributed by atoms with Crippen LogP contribution in [0.3, 0.4) is 0 Å². The molecule has 126 valence electrons. The maximum Gasteiger partial charge on any atom is 0.317 e. The number of nitrogens with zero attached hydrogens (tertiary/aromatic N) is 2. The Morgan fingerprint density at radius 2 is 2.09 bits per heavy atom. The van der Waals surface area contributed by atoms with Gasteiger partial charge in [-0.05, 0) is 31.7 Å². The molecule has 0 radical (unpaired) electrons. The van der Waals surface area contributed by atoms with E-state index in [0.717, 1.165) is 31.6 Å². The molecule has 0 aromatic heterocycles. The number of likely N-dealkylation sites (N-methyl/N-ethyl adjacent to an activating group) is 1. The highest BCUT2D eigenvalue weighted by Crippen LogP contribution is 2.24. The van der Waals surface area contributed by atoms with Crippen LogP contribution in [-0.2, 0) is 6.54 Å². The largest absolute Gasteiger partial charge is 0.338 e. The highest BCUT2D eigenvalue weighted by molar-refractivity contribution is 5.74. The van der Waals surface area contributed by atoms with Crippen molar-refractivity contribution in [2.24, 2.45) is 5.92 Å². The summed E-state index contributed by atoms with van der Waals surface area (Å²) in [5.74, 6) is 0.524. The standard InChI is InChI=1S/C19H29N3O/c1-15(2)12-21(4)19(23)20-11-18-10-16(3)22(14-18)13-17-8-6-5-7-9-17/h5-9,16,18H,1,10-14H2,2-4H3,(H,20,23)/t16-,18+/m1/s1. The summed E-state index contributed by atoms with van der Waals surface area (Å²) in [7, 11) is 1.81. The molecule has 1 aliphatic rings. The molecule has 1 aromatic rings. The molecule has 1 saturated heterocycles. The van der Waals surface area contributed by atoms with E-state index in [1.165, 1.54) is 5.56 Å². The Balaban J connectivity index is 1.77. The van der Waals surface area contributed by atoms with Gasteiger partial charge in [0.2, 0.25) is 0 Å². The lowest BCUT2D eigenvalue weighted by molar-refractivity contribution is 0.209. The van der Waals surface area contributed by atoms with E-state index in [0.29, 0.717) is 18.5 Å². The van der Waals surface area contributed by atoms with Crippen LogP contribution in [0.4, 0.5) is 4.79 Å². The van der Waals surface area contributed by atoms with Gasteiger partial charge in [0.05, 0.1) is 0 Å². The molecule has 0 bridgehead atoms. The van der Waals surface area contributed by atoms with Gasteiger partial charge in [-0.15, -0.1) is 0 Å². The zero-order valence-corrected chi connectivity index (χ0v) is 14.6. The van der Waals surface area contributed by atoms with Crippen molar-refractivity contribution in [3.8, 4) is 0 Å². The van der Waals surface area contributed by atoms with Crippen molar-refractivity contribution >= 4 is 6.03 Å². The van der Waals surface area contributed by atoms with Crippen molar-refractivity contribution in [3.63, 3.8) is 0 Å². The summed E-state index contributed by atoms with van der Waals surface area (Å²) in [6.07, 6.45) is 1.14. The van der Waals surface area contributed by atoms with Crippen molar-refractivity contribution in [1.29, 1.82) is 0 Å². The predicted octanol–water partition coefficient (Wildman–Crippen LogP) is 3.11. The number of nitrogens with one attached hydrogen (secondary N) is 1. The first kappa shape index (κ1) is 17.5. The third-order valence-electron chi connectivity index (χ3n) is 4.41. The lowest BCUT2D eigenvalue weighted by Crippen LogP contribution is -2.40. The first-order valence-electron chi connectivity index (χ1n) is 8.37. The third kappa shape index (κ3) is 5.39. The van der Waals surface area contributed by atoms with E-state index in [9.17, 15) is 4.79 Å². The van der Waals surface area contributed by atoms with Crippen LogP contribution in [0.25, 0.3) is 0 Å². The van der Waals surface area contributed by atoms with Crippen LogP contribution in [-0.4, -0.2) is 48.6 Å². The smallest absolute Gasteiger partial charge is 0.317 e. The number of rotatable bonds is 6. The second-order valence-electron chi connectivity index (χ2n) is 6.87. The van der Waals surface area contributed by atoms with Crippen molar-refractivity contribution in [1.82, 2.24) is 15.1 Å². The molecule has 2 atom stereocenters. The second kappa shape index (κ2) is 8.16. The van der Waals surface area contributed by atoms with Crippen molar-refractivity contribution in [3.05, 3.63) is 48.0 Å². The first-order chi connectivity index (χ1) is 11.0. The molecular weight excluding hydrogens is 286 g/mol. The SMILES string of the molecule is C=C(C)CN(C)C(=O)NC[C@@H]1C[C@@H](C)N(Cc2ccccc2)C1. The summed E-state index contributed by atoms with van der Waals surface area (Å²) in [4.78, 5) is 16.2. The van der Waals surface area contributed by atoms with E-state index in [2.05, 4.69) is 54.1 Å². The van der Waals surface area contributed by atoms with Crippen LogP contribution in [0, 0.1) is 5.92 Å². The number of hydrogen-bond donors (Lipinski definition) is 1. The Kier molecular flexibility index (Phi) is 6.22. The van der Waals surface area contributed by atoms with E-state index in [-0.39, 0.29) is 6.03 Å². The highest BCUT2D eigenvalue weighted by atomic mass is 16.2. The predicted molar refractivity (Wildman–Crippen MR) is 95.3 cm³/mol. The molecule has 1 aliphatic heterocycles. The quantitative estimate of drug-likeness (QED) is 0.819. The summed E-state index contributed by atoms with van der Waals surface area (Å²) in [6, 6.07) is 11.1. The summed E-state index contributed by atoms with van der Waals surface area (Å²) in [6.45, 7) is 11.4. The van der Waals surface area contributed by atoms with Gasteiger partial charge in [0.15, 0.2) is 0 Å². The average Bonchev–Trinajstić information content (AvgIpc) is 2.85. The Hall–Kier alpha value is -1.81. The molecule has 2 amide bonds. The fraction of sp³-hybridized carbons (Fsp3) is 0.526. The zero-order chi connectivity index (χ0) is 16.8. The lowest BCUT2D eigenvalue weighted by Gasteiger charge is -2.21. The van der Waals surface area contributed by atoms with Gasteiger partial charge in [-0.3, -0.25) is 4.90 Å². The van der Waals surface area contributed by atoms with Crippen LogP contribution in [0.1, 0.15) is 25.8 Å². The monoisotopic (exact) mass is 315 g/mol. The fourth-order valence-electron chi connectivity index (χ4n) is 3.25. The van der Waals surface area contributed by atoms with Gasteiger partial charge >= 0.3 is 6.03 Å². The summed E-state index contributed by atoms with van der Waals surface area (Å²) in [5.41, 5.74) is 2.34. The molecule has 4 nitrogen and oxygen atoms in total. The normalized spacial score (nSPS) is 21.2. The molecule has 1 heterocycles. The third-order valence-corrected chi connectivity index (χ3v) is 4.41. The van der Waals surface area contributed by atoms with E-state index in [1.54, 1.807) is 4.90 Å². The second-order valence-corrected chi connectivity index (χ2v) is 6.87. The molecule has 4 heteroatoms. The molecule has 23 heavy (non-hydrogen) atoms. The number of amides is 2. The Morgan fingerprint density at radius 1 is 1.39 bits per heavy atom.